The molecule has 1 atom stereocenters. The predicted molar refractivity (Wildman–Crippen MR) is 112 cm³/mol. The standard InChI is InChI=1S/C24H26N2/c1-2-3-11-23(25)21-13-15-22(16-14-21)24-12-7-10-20(17-18-26-24)19-8-5-4-6-9-19/h2-6,8-9,11,13-17,24-26H,1,7,10,12,18H2/b11-3-,20-17+,25-23?. The van der Waals surface area contributed by atoms with Crippen LogP contribution in [0.1, 0.15) is 42.0 Å². The first-order chi connectivity index (χ1) is 12.8. The minimum Gasteiger partial charge on any atom is -0.306 e. The molecule has 0 saturated carbocycles. The Morgan fingerprint density at radius 2 is 1.85 bits per heavy atom. The molecule has 1 unspecified atom stereocenters. The van der Waals surface area contributed by atoms with Gasteiger partial charge in [0.15, 0.2) is 0 Å². The lowest BCUT2D eigenvalue weighted by atomic mass is 9.93. The third-order valence-electron chi connectivity index (χ3n) is 4.82. The van der Waals surface area contributed by atoms with E-state index in [1.54, 1.807) is 18.2 Å². The van der Waals surface area contributed by atoms with Crippen molar-refractivity contribution < 1.29 is 0 Å². The summed E-state index contributed by atoms with van der Waals surface area (Å²) in [5.41, 5.74) is 5.52. The Morgan fingerprint density at radius 3 is 2.58 bits per heavy atom. The highest BCUT2D eigenvalue weighted by molar-refractivity contribution is 6.06. The van der Waals surface area contributed by atoms with E-state index in [1.807, 2.05) is 12.1 Å². The summed E-state index contributed by atoms with van der Waals surface area (Å²) in [6, 6.07) is 19.4. The van der Waals surface area contributed by atoms with Crippen molar-refractivity contribution in [2.75, 3.05) is 6.54 Å². The summed E-state index contributed by atoms with van der Waals surface area (Å²) >= 11 is 0. The zero-order chi connectivity index (χ0) is 18.2. The van der Waals surface area contributed by atoms with Gasteiger partial charge in [0.25, 0.3) is 0 Å². The van der Waals surface area contributed by atoms with Crippen LogP contribution in [0.3, 0.4) is 0 Å². The van der Waals surface area contributed by atoms with Gasteiger partial charge in [-0.25, -0.2) is 0 Å². The van der Waals surface area contributed by atoms with Gasteiger partial charge in [-0.3, -0.25) is 0 Å². The van der Waals surface area contributed by atoms with Gasteiger partial charge in [-0.1, -0.05) is 79.4 Å². The van der Waals surface area contributed by atoms with E-state index in [0.717, 1.165) is 31.4 Å². The minimum atomic E-state index is 0.371. The van der Waals surface area contributed by atoms with Crippen LogP contribution in [0.5, 0.6) is 0 Å². The molecule has 2 nitrogen and oxygen atoms in total. The molecule has 132 valence electrons. The summed E-state index contributed by atoms with van der Waals surface area (Å²) in [4.78, 5) is 0. The summed E-state index contributed by atoms with van der Waals surface area (Å²) in [7, 11) is 0. The normalized spacial score (nSPS) is 20.0. The molecular formula is C24H26N2. The molecule has 2 aromatic carbocycles. The molecule has 0 saturated heterocycles. The smallest absolute Gasteiger partial charge is 0.0612 e. The molecule has 0 radical (unpaired) electrons. The fraction of sp³-hybridized carbons (Fsp3) is 0.208. The second-order valence-corrected chi connectivity index (χ2v) is 6.58. The summed E-state index contributed by atoms with van der Waals surface area (Å²) < 4.78 is 0. The fourth-order valence-electron chi connectivity index (χ4n) is 3.38. The van der Waals surface area contributed by atoms with Gasteiger partial charge in [0.05, 0.1) is 5.71 Å². The molecule has 1 aliphatic heterocycles. The van der Waals surface area contributed by atoms with Crippen LogP contribution < -0.4 is 5.32 Å². The average Bonchev–Trinajstić information content (AvgIpc) is 2.67. The van der Waals surface area contributed by atoms with Crippen LogP contribution in [-0.4, -0.2) is 12.3 Å². The maximum Gasteiger partial charge on any atom is 0.0612 e. The van der Waals surface area contributed by atoms with Crippen LogP contribution in [0.25, 0.3) is 5.57 Å². The molecule has 0 amide bonds. The molecule has 2 aromatic rings. The monoisotopic (exact) mass is 342 g/mol. The Labute approximate surface area is 156 Å². The van der Waals surface area contributed by atoms with Crippen LogP contribution in [0.15, 0.2) is 85.5 Å². The highest BCUT2D eigenvalue weighted by atomic mass is 14.9. The predicted octanol–water partition coefficient (Wildman–Crippen LogP) is 5.69. The molecule has 26 heavy (non-hydrogen) atoms. The first-order valence-electron chi connectivity index (χ1n) is 9.24. The fourth-order valence-corrected chi connectivity index (χ4v) is 3.38. The van der Waals surface area contributed by atoms with E-state index in [2.05, 4.69) is 60.4 Å². The molecule has 3 rings (SSSR count). The van der Waals surface area contributed by atoms with Crippen molar-refractivity contribution in [1.29, 1.82) is 5.41 Å². The van der Waals surface area contributed by atoms with Crippen molar-refractivity contribution in [3.05, 3.63) is 102 Å². The van der Waals surface area contributed by atoms with Crippen molar-refractivity contribution in [3.8, 4) is 0 Å². The molecular weight excluding hydrogens is 316 g/mol. The number of allylic oxidation sites excluding steroid dienone is 4. The van der Waals surface area contributed by atoms with E-state index in [-0.39, 0.29) is 0 Å². The highest BCUT2D eigenvalue weighted by Crippen LogP contribution is 2.27. The van der Waals surface area contributed by atoms with Crippen molar-refractivity contribution in [1.82, 2.24) is 5.32 Å². The number of benzene rings is 2. The molecule has 1 heterocycles. The maximum absolute atomic E-state index is 8.06. The summed E-state index contributed by atoms with van der Waals surface area (Å²) in [6.45, 7) is 4.53. The Balaban J connectivity index is 1.66. The van der Waals surface area contributed by atoms with Crippen LogP contribution in [0.4, 0.5) is 0 Å². The van der Waals surface area contributed by atoms with E-state index in [0.29, 0.717) is 11.8 Å². The van der Waals surface area contributed by atoms with Crippen LogP contribution in [0, 0.1) is 5.41 Å². The third kappa shape index (κ3) is 4.68. The SMILES string of the molecule is C=C/C=C\C(=N)c1ccc(C2CCC/C(c3ccccc3)=C\CN2)cc1. The molecule has 0 bridgehead atoms. The highest BCUT2D eigenvalue weighted by Gasteiger charge is 2.14. The maximum atomic E-state index is 8.06. The molecule has 0 fully saturated rings. The molecule has 0 aliphatic carbocycles. The third-order valence-corrected chi connectivity index (χ3v) is 4.82. The van der Waals surface area contributed by atoms with Crippen LogP contribution >= 0.6 is 0 Å². The zero-order valence-corrected chi connectivity index (χ0v) is 15.1. The summed E-state index contributed by atoms with van der Waals surface area (Å²) in [5.74, 6) is 0. The van der Waals surface area contributed by atoms with Gasteiger partial charge in [0.2, 0.25) is 0 Å². The van der Waals surface area contributed by atoms with Gasteiger partial charge < -0.3 is 10.7 Å². The number of hydrogen-bond acceptors (Lipinski definition) is 2. The molecule has 2 heteroatoms. The van der Waals surface area contributed by atoms with E-state index < -0.39 is 0 Å². The van der Waals surface area contributed by atoms with Gasteiger partial charge >= 0.3 is 0 Å². The largest absolute Gasteiger partial charge is 0.306 e. The number of hydrogen-bond donors (Lipinski definition) is 2. The van der Waals surface area contributed by atoms with E-state index in [9.17, 15) is 0 Å². The van der Waals surface area contributed by atoms with Gasteiger partial charge in [-0.05, 0) is 47.6 Å². The lowest BCUT2D eigenvalue weighted by Crippen LogP contribution is -2.23. The van der Waals surface area contributed by atoms with Crippen LogP contribution in [-0.2, 0) is 0 Å². The molecule has 1 aliphatic rings. The quantitative estimate of drug-likeness (QED) is 0.531. The molecule has 0 spiro atoms. The van der Waals surface area contributed by atoms with E-state index in [4.69, 9.17) is 5.41 Å². The topological polar surface area (TPSA) is 35.9 Å². The minimum absolute atomic E-state index is 0.371. The van der Waals surface area contributed by atoms with Gasteiger partial charge in [0.1, 0.15) is 0 Å². The lowest BCUT2D eigenvalue weighted by Gasteiger charge is -2.22. The van der Waals surface area contributed by atoms with E-state index in [1.165, 1.54) is 16.7 Å². The van der Waals surface area contributed by atoms with Crippen molar-refractivity contribution in [3.63, 3.8) is 0 Å². The Morgan fingerprint density at radius 1 is 1.08 bits per heavy atom. The Bertz CT molecular complexity index is 798. The first kappa shape index (κ1) is 18.1. The Hall–Kier alpha value is -2.71. The molecule has 2 N–H and O–H groups in total. The number of rotatable bonds is 5. The van der Waals surface area contributed by atoms with Gasteiger partial charge in [0, 0.05) is 12.6 Å². The van der Waals surface area contributed by atoms with Crippen molar-refractivity contribution in [2.45, 2.75) is 25.3 Å². The van der Waals surface area contributed by atoms with Crippen molar-refractivity contribution >= 4 is 11.3 Å². The van der Waals surface area contributed by atoms with Gasteiger partial charge in [-0.2, -0.15) is 0 Å². The van der Waals surface area contributed by atoms with Gasteiger partial charge in [-0.15, -0.1) is 0 Å². The second-order valence-electron chi connectivity index (χ2n) is 6.58. The number of nitrogens with one attached hydrogen (secondary N) is 2. The lowest BCUT2D eigenvalue weighted by molar-refractivity contribution is 0.505. The summed E-state index contributed by atoms with van der Waals surface area (Å²) in [6.07, 6.45) is 11.0. The van der Waals surface area contributed by atoms with Crippen molar-refractivity contribution in [2.24, 2.45) is 0 Å². The first-order valence-corrected chi connectivity index (χ1v) is 9.24. The Kier molecular flexibility index (Phi) is 6.34. The van der Waals surface area contributed by atoms with Crippen LogP contribution in [0.2, 0.25) is 0 Å². The van der Waals surface area contributed by atoms with E-state index >= 15 is 0 Å². The molecule has 0 aromatic heterocycles. The second kappa shape index (κ2) is 9.12. The average molecular weight is 342 g/mol. The summed E-state index contributed by atoms with van der Waals surface area (Å²) in [5, 5.41) is 11.7. The zero-order valence-electron chi connectivity index (χ0n) is 15.1.